The number of benzene rings is 2. The van der Waals surface area contributed by atoms with Crippen LogP contribution < -0.4 is 4.90 Å². The van der Waals surface area contributed by atoms with Crippen LogP contribution in [0, 0.1) is 13.8 Å². The van der Waals surface area contributed by atoms with Crippen LogP contribution in [0.2, 0.25) is 5.02 Å². The number of aliphatic hydroxyl groups excluding tert-OH is 1. The van der Waals surface area contributed by atoms with Crippen LogP contribution in [0.5, 0.6) is 0 Å². The third kappa shape index (κ3) is 4.22. The Morgan fingerprint density at radius 3 is 2.38 bits per heavy atom. The predicted octanol–water partition coefficient (Wildman–Crippen LogP) is 5.22. The van der Waals surface area contributed by atoms with Crippen molar-refractivity contribution in [2.75, 3.05) is 11.5 Å². The lowest BCUT2D eigenvalue weighted by Crippen LogP contribution is -2.29. The van der Waals surface area contributed by atoms with Gasteiger partial charge >= 0.3 is 11.9 Å². The van der Waals surface area contributed by atoms with Gasteiger partial charge in [0.15, 0.2) is 5.13 Å². The summed E-state index contributed by atoms with van der Waals surface area (Å²) in [5.41, 5.74) is 2.28. The van der Waals surface area contributed by atoms with E-state index >= 15 is 0 Å². The predicted molar refractivity (Wildman–Crippen MR) is 130 cm³/mol. The van der Waals surface area contributed by atoms with Crippen molar-refractivity contribution in [1.82, 2.24) is 4.98 Å². The first-order valence-corrected chi connectivity index (χ1v) is 11.7. The molecule has 4 rings (SSSR count). The van der Waals surface area contributed by atoms with Gasteiger partial charge in [-0.2, -0.15) is 0 Å². The minimum Gasteiger partial charge on any atom is -0.507 e. The summed E-state index contributed by atoms with van der Waals surface area (Å²) in [5, 5.41) is 11.8. The van der Waals surface area contributed by atoms with Gasteiger partial charge in [-0.1, -0.05) is 52.8 Å². The smallest absolute Gasteiger partial charge is 0.350 e. The number of aryl methyl sites for hydroxylation is 2. The number of aromatic nitrogens is 1. The fourth-order valence-electron chi connectivity index (χ4n) is 3.73. The van der Waals surface area contributed by atoms with Gasteiger partial charge in [-0.05, 0) is 50.6 Å². The van der Waals surface area contributed by atoms with Crippen LogP contribution in [0.1, 0.15) is 45.0 Å². The number of carbonyl (C=O) groups excluding carboxylic acids is 3. The monoisotopic (exact) mass is 496 g/mol. The molecule has 0 bridgehead atoms. The SMILES string of the molecule is CCOC(=O)c1sc(N2C(=O)C(=O)C(=C(O)c3ccc(Cl)cc3)[C@H]2c2ccc(C)cc2)nc1C. The van der Waals surface area contributed by atoms with Gasteiger partial charge in [0, 0.05) is 10.6 Å². The number of amides is 1. The van der Waals surface area contributed by atoms with Crippen molar-refractivity contribution in [2.24, 2.45) is 0 Å². The van der Waals surface area contributed by atoms with Crippen molar-refractivity contribution in [3.8, 4) is 0 Å². The van der Waals surface area contributed by atoms with Crippen molar-refractivity contribution in [3.05, 3.63) is 86.4 Å². The van der Waals surface area contributed by atoms with E-state index in [1.807, 2.05) is 19.1 Å². The first-order valence-electron chi connectivity index (χ1n) is 10.5. The molecule has 7 nitrogen and oxygen atoms in total. The van der Waals surface area contributed by atoms with E-state index in [1.165, 1.54) is 4.90 Å². The van der Waals surface area contributed by atoms with E-state index in [2.05, 4.69) is 4.98 Å². The Kier molecular flexibility index (Phi) is 6.54. The summed E-state index contributed by atoms with van der Waals surface area (Å²) in [7, 11) is 0. The van der Waals surface area contributed by atoms with Crippen molar-refractivity contribution in [3.63, 3.8) is 0 Å². The molecule has 1 atom stereocenters. The van der Waals surface area contributed by atoms with Gasteiger partial charge in [-0.3, -0.25) is 14.5 Å². The van der Waals surface area contributed by atoms with Gasteiger partial charge in [-0.25, -0.2) is 9.78 Å². The Morgan fingerprint density at radius 2 is 1.76 bits per heavy atom. The number of esters is 1. The molecule has 3 aromatic rings. The van der Waals surface area contributed by atoms with E-state index < -0.39 is 23.7 Å². The Morgan fingerprint density at radius 1 is 1.12 bits per heavy atom. The number of halogens is 1. The third-order valence-electron chi connectivity index (χ3n) is 5.41. The van der Waals surface area contributed by atoms with Gasteiger partial charge in [0.05, 0.1) is 23.9 Å². The first kappa shape index (κ1) is 23.7. The second-order valence-corrected chi connectivity index (χ2v) is 9.13. The number of thiazole rings is 1. The molecule has 174 valence electrons. The van der Waals surface area contributed by atoms with E-state index in [9.17, 15) is 19.5 Å². The topological polar surface area (TPSA) is 96.8 Å². The summed E-state index contributed by atoms with van der Waals surface area (Å²) >= 11 is 6.93. The molecule has 0 aliphatic carbocycles. The summed E-state index contributed by atoms with van der Waals surface area (Å²) in [6.07, 6.45) is 0. The zero-order chi connectivity index (χ0) is 24.6. The van der Waals surface area contributed by atoms with Crippen LogP contribution in [0.3, 0.4) is 0 Å². The number of anilines is 1. The number of hydrogen-bond acceptors (Lipinski definition) is 7. The number of carbonyl (C=O) groups is 3. The molecule has 0 unspecified atom stereocenters. The maximum absolute atomic E-state index is 13.2. The molecule has 1 aliphatic rings. The van der Waals surface area contributed by atoms with Crippen LogP contribution in [0.15, 0.2) is 54.1 Å². The standard InChI is InChI=1S/C25H21ClN2O5S/c1-4-33-24(32)22-14(3)27-25(34-22)28-19(15-7-5-13(2)6-8-15)18(21(30)23(28)31)20(29)16-9-11-17(26)12-10-16/h5-12,19,29H,4H2,1-3H3/t19-/m1/s1. The molecule has 0 radical (unpaired) electrons. The van der Waals surface area contributed by atoms with E-state index in [4.69, 9.17) is 16.3 Å². The quantitative estimate of drug-likeness (QED) is 0.225. The molecular formula is C25H21ClN2O5S. The van der Waals surface area contributed by atoms with Gasteiger partial charge in [-0.15, -0.1) is 0 Å². The van der Waals surface area contributed by atoms with E-state index in [0.717, 1.165) is 16.9 Å². The highest BCUT2D eigenvalue weighted by Crippen LogP contribution is 2.44. The first-order chi connectivity index (χ1) is 16.2. The molecule has 2 heterocycles. The normalized spacial score (nSPS) is 17.3. The molecule has 0 saturated carbocycles. The van der Waals surface area contributed by atoms with Crippen LogP contribution in [0.4, 0.5) is 5.13 Å². The molecular weight excluding hydrogens is 476 g/mol. The average molecular weight is 497 g/mol. The van der Waals surface area contributed by atoms with Crippen LogP contribution in [0.25, 0.3) is 5.76 Å². The number of ether oxygens (including phenoxy) is 1. The lowest BCUT2D eigenvalue weighted by atomic mass is 9.95. The number of aliphatic hydroxyl groups is 1. The van der Waals surface area contributed by atoms with Gasteiger partial charge in [0.1, 0.15) is 10.6 Å². The summed E-state index contributed by atoms with van der Waals surface area (Å²) in [4.78, 5) is 44.6. The fraction of sp³-hybridized carbons (Fsp3) is 0.200. The number of ketones is 1. The second-order valence-electron chi connectivity index (χ2n) is 7.72. The number of rotatable bonds is 5. The zero-order valence-corrected chi connectivity index (χ0v) is 20.2. The lowest BCUT2D eigenvalue weighted by molar-refractivity contribution is -0.132. The molecule has 9 heteroatoms. The molecule has 0 spiro atoms. The minimum atomic E-state index is -0.933. The fourth-order valence-corrected chi connectivity index (χ4v) is 4.84. The molecule has 1 N–H and O–H groups in total. The zero-order valence-electron chi connectivity index (χ0n) is 18.7. The highest BCUT2D eigenvalue weighted by molar-refractivity contribution is 7.17. The van der Waals surface area contributed by atoms with Crippen molar-refractivity contribution < 1.29 is 24.2 Å². The van der Waals surface area contributed by atoms with Crippen molar-refractivity contribution in [2.45, 2.75) is 26.8 Å². The maximum atomic E-state index is 13.2. The summed E-state index contributed by atoms with van der Waals surface area (Å²) in [6, 6.07) is 12.7. The Hall–Kier alpha value is -3.49. The Balaban J connectivity index is 1.90. The summed E-state index contributed by atoms with van der Waals surface area (Å²) in [6.45, 7) is 5.45. The summed E-state index contributed by atoms with van der Waals surface area (Å²) < 4.78 is 5.09. The minimum absolute atomic E-state index is 0.0679. The van der Waals surface area contributed by atoms with Crippen LogP contribution in [-0.2, 0) is 14.3 Å². The molecule has 34 heavy (non-hydrogen) atoms. The highest BCUT2D eigenvalue weighted by Gasteiger charge is 2.48. The highest BCUT2D eigenvalue weighted by atomic mass is 35.5. The lowest BCUT2D eigenvalue weighted by Gasteiger charge is -2.23. The van der Waals surface area contributed by atoms with Crippen LogP contribution in [-0.4, -0.2) is 34.4 Å². The van der Waals surface area contributed by atoms with E-state index in [-0.39, 0.29) is 27.9 Å². The van der Waals surface area contributed by atoms with E-state index in [1.54, 1.807) is 50.2 Å². The van der Waals surface area contributed by atoms with Gasteiger partial charge in [0.2, 0.25) is 0 Å². The number of nitrogens with zero attached hydrogens (tertiary/aromatic N) is 2. The van der Waals surface area contributed by atoms with Crippen molar-refractivity contribution in [1.29, 1.82) is 0 Å². The number of hydrogen-bond donors (Lipinski definition) is 1. The molecule has 2 aromatic carbocycles. The van der Waals surface area contributed by atoms with Crippen LogP contribution >= 0.6 is 22.9 Å². The van der Waals surface area contributed by atoms with Gasteiger partial charge in [0.25, 0.3) is 5.78 Å². The van der Waals surface area contributed by atoms with Crippen molar-refractivity contribution >= 4 is 51.5 Å². The number of Topliss-reactive ketones (excluding diaryl/α,β-unsaturated/α-hetero) is 1. The molecule has 1 saturated heterocycles. The summed E-state index contributed by atoms with van der Waals surface area (Å²) in [5.74, 6) is -2.55. The average Bonchev–Trinajstić information content (AvgIpc) is 3.31. The molecule has 1 aliphatic heterocycles. The molecule has 1 fully saturated rings. The Bertz CT molecular complexity index is 1310. The maximum Gasteiger partial charge on any atom is 0.350 e. The van der Waals surface area contributed by atoms with Gasteiger partial charge < -0.3 is 9.84 Å². The molecule has 1 amide bonds. The molecule has 1 aromatic heterocycles. The third-order valence-corrected chi connectivity index (χ3v) is 6.80. The largest absolute Gasteiger partial charge is 0.507 e. The van der Waals surface area contributed by atoms with E-state index in [0.29, 0.717) is 21.8 Å². The Labute approximate surface area is 205 Å². The second kappa shape index (κ2) is 9.40.